The smallest absolute Gasteiger partial charge is 0.262 e. The second-order valence-electron chi connectivity index (χ2n) is 5.72. The van der Waals surface area contributed by atoms with Crippen LogP contribution < -0.4 is 10.1 Å². The van der Waals surface area contributed by atoms with Gasteiger partial charge < -0.3 is 15.0 Å². The molecule has 0 saturated heterocycles. The molecule has 1 amide bonds. The lowest BCUT2D eigenvalue weighted by Gasteiger charge is -2.21. The van der Waals surface area contributed by atoms with Crippen molar-refractivity contribution < 1.29 is 9.53 Å². The van der Waals surface area contributed by atoms with Crippen molar-refractivity contribution in [2.45, 2.75) is 13.0 Å². The second-order valence-corrected chi connectivity index (χ2v) is 7.67. The summed E-state index contributed by atoms with van der Waals surface area (Å²) < 4.78 is 5.43. The van der Waals surface area contributed by atoms with E-state index < -0.39 is 0 Å². The fourth-order valence-corrected chi connectivity index (χ4v) is 4.39. The normalized spacial score (nSPS) is 13.8. The predicted molar refractivity (Wildman–Crippen MR) is 99.7 cm³/mol. The van der Waals surface area contributed by atoms with Crippen LogP contribution in [0.2, 0.25) is 10.0 Å². The van der Waals surface area contributed by atoms with E-state index in [4.69, 9.17) is 27.9 Å². The number of nitrogens with zero attached hydrogens (tertiary/aromatic N) is 2. The monoisotopic (exact) mass is 395 g/mol. The van der Waals surface area contributed by atoms with Gasteiger partial charge in [0.1, 0.15) is 16.8 Å². The number of rotatable bonds is 4. The molecule has 1 aliphatic rings. The van der Waals surface area contributed by atoms with Crippen LogP contribution in [0, 0.1) is 11.3 Å². The molecule has 0 saturated carbocycles. The Kier molecular flexibility index (Phi) is 5.50. The Morgan fingerprint density at radius 3 is 3.00 bits per heavy atom. The predicted octanol–water partition coefficient (Wildman–Crippen LogP) is 3.93. The first-order chi connectivity index (χ1) is 12.0. The van der Waals surface area contributed by atoms with Gasteiger partial charge in [-0.15, -0.1) is 11.3 Å². The Morgan fingerprint density at radius 2 is 2.28 bits per heavy atom. The first kappa shape index (κ1) is 18.0. The van der Waals surface area contributed by atoms with Crippen molar-refractivity contribution in [3.8, 4) is 11.8 Å². The number of hydrogen-bond acceptors (Lipinski definition) is 5. The molecule has 130 valence electrons. The average molecular weight is 396 g/mol. The summed E-state index contributed by atoms with van der Waals surface area (Å²) in [7, 11) is 2.04. The first-order valence-electron chi connectivity index (χ1n) is 7.59. The molecule has 8 heteroatoms. The fourth-order valence-electron chi connectivity index (χ4n) is 2.64. The van der Waals surface area contributed by atoms with Crippen molar-refractivity contribution in [1.82, 2.24) is 4.90 Å². The molecule has 0 fully saturated rings. The molecule has 1 aromatic carbocycles. The van der Waals surface area contributed by atoms with Crippen molar-refractivity contribution in [3.63, 3.8) is 0 Å². The lowest BCUT2D eigenvalue weighted by molar-refractivity contribution is -0.118. The number of nitrogens with one attached hydrogen (secondary N) is 1. The molecule has 0 spiro atoms. The molecule has 0 radical (unpaired) electrons. The minimum Gasteiger partial charge on any atom is -0.482 e. The Morgan fingerprint density at radius 1 is 1.48 bits per heavy atom. The van der Waals surface area contributed by atoms with Crippen LogP contribution >= 0.6 is 34.5 Å². The Labute approximate surface area is 159 Å². The molecule has 2 aromatic rings. The number of carbonyl (C=O) groups is 1. The number of likely N-dealkylation sites (N-methyl/N-ethyl adjacent to an activating group) is 1. The molecule has 1 aromatic heterocycles. The van der Waals surface area contributed by atoms with Crippen LogP contribution in [0.1, 0.15) is 16.0 Å². The Bertz CT molecular complexity index is 860. The highest BCUT2D eigenvalue weighted by molar-refractivity contribution is 7.16. The van der Waals surface area contributed by atoms with Crippen LogP contribution in [0.4, 0.5) is 5.00 Å². The quantitative estimate of drug-likeness (QED) is 0.851. The Balaban J connectivity index is 1.68. The number of ether oxygens (including phenoxy) is 1. The number of nitriles is 1. The van der Waals surface area contributed by atoms with Gasteiger partial charge in [-0.3, -0.25) is 4.79 Å². The molecule has 1 aliphatic heterocycles. The van der Waals surface area contributed by atoms with Crippen molar-refractivity contribution in [2.24, 2.45) is 0 Å². The minimum absolute atomic E-state index is 0.200. The summed E-state index contributed by atoms with van der Waals surface area (Å²) in [6.07, 6.45) is 0.817. The molecule has 5 nitrogen and oxygen atoms in total. The minimum atomic E-state index is -0.338. The summed E-state index contributed by atoms with van der Waals surface area (Å²) in [6.45, 7) is 1.50. The third-order valence-electron chi connectivity index (χ3n) is 3.87. The van der Waals surface area contributed by atoms with Crippen LogP contribution in [-0.2, 0) is 17.8 Å². The number of hydrogen-bond donors (Lipinski definition) is 1. The third kappa shape index (κ3) is 4.07. The van der Waals surface area contributed by atoms with Gasteiger partial charge in [0.05, 0.1) is 10.6 Å². The van der Waals surface area contributed by atoms with E-state index in [1.807, 2.05) is 7.05 Å². The summed E-state index contributed by atoms with van der Waals surface area (Å²) >= 11 is 13.3. The van der Waals surface area contributed by atoms with Gasteiger partial charge in [-0.2, -0.15) is 5.26 Å². The Hall–Kier alpha value is -1.78. The fraction of sp³-hybridized carbons (Fsp3) is 0.294. The van der Waals surface area contributed by atoms with Crippen LogP contribution in [0.15, 0.2) is 18.2 Å². The average Bonchev–Trinajstić information content (AvgIpc) is 2.89. The molecule has 1 N–H and O–H groups in total. The van der Waals surface area contributed by atoms with Gasteiger partial charge in [0.2, 0.25) is 0 Å². The summed E-state index contributed by atoms with van der Waals surface area (Å²) in [5.41, 5.74) is 1.61. The molecule has 25 heavy (non-hydrogen) atoms. The molecule has 0 atom stereocenters. The number of amides is 1. The summed E-state index contributed by atoms with van der Waals surface area (Å²) in [5.74, 6) is 0.0447. The first-order valence-corrected chi connectivity index (χ1v) is 9.16. The van der Waals surface area contributed by atoms with E-state index in [9.17, 15) is 10.1 Å². The lowest BCUT2D eigenvalue weighted by atomic mass is 10.0. The maximum atomic E-state index is 12.2. The number of halogens is 2. The van der Waals surface area contributed by atoms with Crippen molar-refractivity contribution in [2.75, 3.05) is 25.5 Å². The van der Waals surface area contributed by atoms with Crippen LogP contribution in [0.25, 0.3) is 0 Å². The van der Waals surface area contributed by atoms with Gasteiger partial charge in [0.25, 0.3) is 5.91 Å². The van der Waals surface area contributed by atoms with E-state index in [-0.39, 0.29) is 12.5 Å². The molecule has 3 rings (SSSR count). The number of anilines is 1. The van der Waals surface area contributed by atoms with Crippen molar-refractivity contribution >= 4 is 45.4 Å². The van der Waals surface area contributed by atoms with E-state index in [2.05, 4.69) is 16.3 Å². The lowest BCUT2D eigenvalue weighted by Crippen LogP contribution is -2.25. The van der Waals surface area contributed by atoms with Gasteiger partial charge in [-0.25, -0.2) is 0 Å². The van der Waals surface area contributed by atoms with E-state index >= 15 is 0 Å². The molecule has 0 bridgehead atoms. The third-order valence-corrected chi connectivity index (χ3v) is 5.53. The maximum absolute atomic E-state index is 12.2. The van der Waals surface area contributed by atoms with E-state index in [1.54, 1.807) is 18.2 Å². The number of carbonyl (C=O) groups excluding carboxylic acids is 1. The van der Waals surface area contributed by atoms with E-state index in [0.29, 0.717) is 26.4 Å². The number of fused-ring (bicyclic) bond motifs is 1. The standard InChI is InChI=1S/C17H15Cl2N3O2S/c1-22-5-4-11-12(7-20)17(25-15(11)8-22)21-16(23)9-24-14-3-2-10(18)6-13(14)19/h2-3,6H,4-5,8-9H2,1H3,(H,21,23). The highest BCUT2D eigenvalue weighted by atomic mass is 35.5. The molecular formula is C17H15Cl2N3O2S. The number of benzene rings is 1. The highest BCUT2D eigenvalue weighted by Crippen LogP contribution is 2.36. The van der Waals surface area contributed by atoms with Gasteiger partial charge in [-0.1, -0.05) is 23.2 Å². The zero-order valence-electron chi connectivity index (χ0n) is 13.4. The zero-order valence-corrected chi connectivity index (χ0v) is 15.8. The highest BCUT2D eigenvalue weighted by Gasteiger charge is 2.23. The van der Waals surface area contributed by atoms with Gasteiger partial charge in [0.15, 0.2) is 6.61 Å². The van der Waals surface area contributed by atoms with Crippen LogP contribution in [-0.4, -0.2) is 31.0 Å². The summed E-state index contributed by atoms with van der Waals surface area (Å²) in [5, 5.41) is 13.6. The topological polar surface area (TPSA) is 65.4 Å². The van der Waals surface area contributed by atoms with E-state index in [1.165, 1.54) is 11.3 Å². The number of thiophene rings is 1. The SMILES string of the molecule is CN1CCc2c(sc(NC(=O)COc3ccc(Cl)cc3Cl)c2C#N)C1. The molecule has 2 heterocycles. The molecule has 0 aliphatic carbocycles. The van der Waals surface area contributed by atoms with Crippen LogP contribution in [0.3, 0.4) is 0 Å². The van der Waals surface area contributed by atoms with Crippen molar-refractivity contribution in [1.29, 1.82) is 5.26 Å². The van der Waals surface area contributed by atoms with Crippen molar-refractivity contribution in [3.05, 3.63) is 44.2 Å². The van der Waals surface area contributed by atoms with Gasteiger partial charge in [0, 0.05) is 23.0 Å². The van der Waals surface area contributed by atoms with E-state index in [0.717, 1.165) is 30.0 Å². The van der Waals surface area contributed by atoms with Gasteiger partial charge in [-0.05, 0) is 37.2 Å². The molecule has 0 unspecified atom stereocenters. The zero-order chi connectivity index (χ0) is 18.0. The summed E-state index contributed by atoms with van der Waals surface area (Å²) in [6, 6.07) is 7.01. The molecular weight excluding hydrogens is 381 g/mol. The van der Waals surface area contributed by atoms with Crippen LogP contribution in [0.5, 0.6) is 5.75 Å². The maximum Gasteiger partial charge on any atom is 0.262 e. The second kappa shape index (κ2) is 7.63. The van der Waals surface area contributed by atoms with Gasteiger partial charge >= 0.3 is 0 Å². The largest absolute Gasteiger partial charge is 0.482 e. The summed E-state index contributed by atoms with van der Waals surface area (Å²) in [4.78, 5) is 15.5.